The van der Waals surface area contributed by atoms with E-state index in [0.717, 1.165) is 48.2 Å². The largest absolute Gasteiger partial charge is 0.480 e. The van der Waals surface area contributed by atoms with Gasteiger partial charge in [-0.1, -0.05) is 18.2 Å². The maximum atomic E-state index is 13.0. The van der Waals surface area contributed by atoms with Crippen molar-refractivity contribution < 1.29 is 14.7 Å². The lowest BCUT2D eigenvalue weighted by molar-refractivity contribution is -0.141. The summed E-state index contributed by atoms with van der Waals surface area (Å²) in [5, 5.41) is 14.0. The fourth-order valence-corrected chi connectivity index (χ4v) is 4.01. The zero-order chi connectivity index (χ0) is 17.6. The molecule has 2 aliphatic rings. The number of benzene rings is 1. The number of aryl methyl sites for hydroxylation is 1. The van der Waals surface area contributed by atoms with Crippen molar-refractivity contribution in [1.29, 1.82) is 0 Å². The van der Waals surface area contributed by atoms with Gasteiger partial charge in [-0.2, -0.15) is 5.10 Å². The number of fused-ring (bicyclic) bond motifs is 1. The molecule has 0 unspecified atom stereocenters. The Hall–Kier alpha value is -2.63. The molecular weight excluding hydrogens is 318 g/mol. The summed E-state index contributed by atoms with van der Waals surface area (Å²) in [6.45, 7) is 2.52. The van der Waals surface area contributed by atoms with Crippen molar-refractivity contribution in [2.75, 3.05) is 6.54 Å². The summed E-state index contributed by atoms with van der Waals surface area (Å²) in [4.78, 5) is 25.9. The quantitative estimate of drug-likeness (QED) is 0.931. The van der Waals surface area contributed by atoms with Crippen LogP contribution in [0.25, 0.3) is 5.69 Å². The molecule has 25 heavy (non-hydrogen) atoms. The number of carbonyl (C=O) groups is 2. The highest BCUT2D eigenvalue weighted by molar-refractivity contribution is 5.97. The minimum Gasteiger partial charge on any atom is -0.480 e. The average molecular weight is 339 g/mol. The number of hydrogen-bond donors (Lipinski definition) is 1. The van der Waals surface area contributed by atoms with Crippen LogP contribution in [0.1, 0.15) is 46.6 Å². The predicted octanol–water partition coefficient (Wildman–Crippen LogP) is 2.36. The van der Waals surface area contributed by atoms with Gasteiger partial charge in [0.15, 0.2) is 5.69 Å². The van der Waals surface area contributed by atoms with Crippen LogP contribution in [-0.4, -0.2) is 44.3 Å². The summed E-state index contributed by atoms with van der Waals surface area (Å²) in [6.07, 6.45) is 3.97. The molecular formula is C19H21N3O3. The third-order valence-corrected chi connectivity index (χ3v) is 5.28. The van der Waals surface area contributed by atoms with Crippen molar-refractivity contribution in [2.24, 2.45) is 0 Å². The molecule has 1 aromatic carbocycles. The molecule has 1 aliphatic heterocycles. The number of aliphatic carboxylic acids is 1. The number of para-hydroxylation sites is 1. The van der Waals surface area contributed by atoms with Gasteiger partial charge in [-0.3, -0.25) is 4.79 Å². The Balaban J connectivity index is 1.77. The molecule has 1 N–H and O–H groups in total. The van der Waals surface area contributed by atoms with E-state index >= 15 is 0 Å². The molecule has 0 bridgehead atoms. The average Bonchev–Trinajstić information content (AvgIpc) is 3.31. The molecule has 6 nitrogen and oxygen atoms in total. The van der Waals surface area contributed by atoms with E-state index in [0.29, 0.717) is 18.7 Å². The van der Waals surface area contributed by atoms with Gasteiger partial charge >= 0.3 is 5.97 Å². The van der Waals surface area contributed by atoms with Gasteiger partial charge in [-0.15, -0.1) is 0 Å². The lowest BCUT2D eigenvalue weighted by Crippen LogP contribution is -2.40. The second kappa shape index (κ2) is 6.02. The SMILES string of the molecule is Cc1ccccc1-n1nc(C(=O)N2CCC[C@@H]2C(=O)O)c2c1CCC2. The van der Waals surface area contributed by atoms with Crippen molar-refractivity contribution >= 4 is 11.9 Å². The monoisotopic (exact) mass is 339 g/mol. The Labute approximate surface area is 146 Å². The van der Waals surface area contributed by atoms with Crippen LogP contribution in [0, 0.1) is 6.92 Å². The van der Waals surface area contributed by atoms with Crippen LogP contribution in [0.5, 0.6) is 0 Å². The summed E-state index contributed by atoms with van der Waals surface area (Å²) < 4.78 is 1.89. The van der Waals surface area contributed by atoms with Crippen molar-refractivity contribution in [2.45, 2.75) is 45.1 Å². The van der Waals surface area contributed by atoms with Gasteiger partial charge in [0.25, 0.3) is 5.91 Å². The smallest absolute Gasteiger partial charge is 0.326 e. The van der Waals surface area contributed by atoms with Gasteiger partial charge in [-0.25, -0.2) is 9.48 Å². The summed E-state index contributed by atoms with van der Waals surface area (Å²) >= 11 is 0. The molecule has 2 heterocycles. The number of likely N-dealkylation sites (tertiary alicyclic amines) is 1. The van der Waals surface area contributed by atoms with E-state index in [1.165, 1.54) is 4.90 Å². The zero-order valence-electron chi connectivity index (χ0n) is 14.2. The molecule has 1 atom stereocenters. The fraction of sp³-hybridized carbons (Fsp3) is 0.421. The summed E-state index contributed by atoms with van der Waals surface area (Å²) in [5.41, 5.74) is 4.59. The highest BCUT2D eigenvalue weighted by Crippen LogP contribution is 2.31. The minimum atomic E-state index is -0.930. The van der Waals surface area contributed by atoms with Crippen molar-refractivity contribution in [3.05, 3.63) is 46.8 Å². The van der Waals surface area contributed by atoms with Gasteiger partial charge in [0, 0.05) is 17.8 Å². The first-order chi connectivity index (χ1) is 12.1. The Kier molecular flexibility index (Phi) is 3.82. The number of carboxylic acids is 1. The highest BCUT2D eigenvalue weighted by atomic mass is 16.4. The third-order valence-electron chi connectivity index (χ3n) is 5.28. The Bertz CT molecular complexity index is 856. The lowest BCUT2D eigenvalue weighted by Gasteiger charge is -2.20. The molecule has 1 amide bonds. The van der Waals surface area contributed by atoms with Crippen LogP contribution < -0.4 is 0 Å². The van der Waals surface area contributed by atoms with Crippen LogP contribution in [0.3, 0.4) is 0 Å². The van der Waals surface area contributed by atoms with Gasteiger partial charge in [0.1, 0.15) is 6.04 Å². The number of carbonyl (C=O) groups excluding carboxylic acids is 1. The number of carboxylic acid groups (broad SMARTS) is 1. The summed E-state index contributed by atoms with van der Waals surface area (Å²) in [7, 11) is 0. The Morgan fingerprint density at radius 2 is 2.00 bits per heavy atom. The topological polar surface area (TPSA) is 75.4 Å². The Morgan fingerprint density at radius 1 is 1.20 bits per heavy atom. The number of amides is 1. The highest BCUT2D eigenvalue weighted by Gasteiger charge is 2.38. The Morgan fingerprint density at radius 3 is 2.76 bits per heavy atom. The molecule has 130 valence electrons. The first-order valence-electron chi connectivity index (χ1n) is 8.78. The second-order valence-electron chi connectivity index (χ2n) is 6.82. The zero-order valence-corrected chi connectivity index (χ0v) is 14.2. The van der Waals surface area contributed by atoms with Crippen LogP contribution in [0.4, 0.5) is 0 Å². The first-order valence-corrected chi connectivity index (χ1v) is 8.78. The molecule has 1 saturated heterocycles. The van der Waals surface area contributed by atoms with Crippen molar-refractivity contribution in [3.8, 4) is 5.69 Å². The van der Waals surface area contributed by atoms with Gasteiger partial charge in [0.2, 0.25) is 0 Å². The minimum absolute atomic E-state index is 0.240. The fourth-order valence-electron chi connectivity index (χ4n) is 4.01. The number of aromatic nitrogens is 2. The normalized spacial score (nSPS) is 19.2. The lowest BCUT2D eigenvalue weighted by atomic mass is 10.1. The predicted molar refractivity (Wildman–Crippen MR) is 92.0 cm³/mol. The number of nitrogens with zero attached hydrogens (tertiary/aromatic N) is 3. The first kappa shape index (κ1) is 15.9. The molecule has 6 heteroatoms. The van der Waals surface area contributed by atoms with Crippen LogP contribution in [-0.2, 0) is 17.6 Å². The van der Waals surface area contributed by atoms with E-state index < -0.39 is 12.0 Å². The van der Waals surface area contributed by atoms with Gasteiger partial charge in [0.05, 0.1) is 5.69 Å². The van der Waals surface area contributed by atoms with E-state index in [4.69, 9.17) is 0 Å². The van der Waals surface area contributed by atoms with E-state index in [1.54, 1.807) is 0 Å². The molecule has 0 spiro atoms. The van der Waals surface area contributed by atoms with Crippen molar-refractivity contribution in [3.63, 3.8) is 0 Å². The van der Waals surface area contributed by atoms with Crippen LogP contribution in [0.15, 0.2) is 24.3 Å². The molecule has 1 aromatic heterocycles. The number of hydrogen-bond acceptors (Lipinski definition) is 3. The second-order valence-corrected chi connectivity index (χ2v) is 6.82. The molecule has 1 aliphatic carbocycles. The standard InChI is InChI=1S/C19H21N3O3/c1-12-6-2-3-8-14(12)22-15-9-4-7-13(15)17(20-22)18(23)21-11-5-10-16(21)19(24)25/h2-3,6,8,16H,4-5,7,9-11H2,1H3,(H,24,25)/t16-/m1/s1. The molecule has 1 fully saturated rings. The van der Waals surface area contributed by atoms with Crippen LogP contribution in [0.2, 0.25) is 0 Å². The molecule has 2 aromatic rings. The molecule has 0 saturated carbocycles. The van der Waals surface area contributed by atoms with Crippen molar-refractivity contribution in [1.82, 2.24) is 14.7 Å². The molecule has 0 radical (unpaired) electrons. The molecule has 4 rings (SSSR count). The van der Waals surface area contributed by atoms with Gasteiger partial charge in [-0.05, 0) is 50.7 Å². The third kappa shape index (κ3) is 2.52. The van der Waals surface area contributed by atoms with Gasteiger partial charge < -0.3 is 10.0 Å². The van der Waals surface area contributed by atoms with E-state index in [2.05, 4.69) is 5.10 Å². The maximum absolute atomic E-state index is 13.0. The summed E-state index contributed by atoms with van der Waals surface area (Å²) in [5.74, 6) is -1.17. The van der Waals surface area contributed by atoms with Crippen LogP contribution >= 0.6 is 0 Å². The van der Waals surface area contributed by atoms with E-state index in [-0.39, 0.29) is 5.91 Å². The maximum Gasteiger partial charge on any atom is 0.326 e. The summed E-state index contributed by atoms with van der Waals surface area (Å²) in [6, 6.07) is 7.25. The van der Waals surface area contributed by atoms with E-state index in [1.807, 2.05) is 35.9 Å². The van der Waals surface area contributed by atoms with E-state index in [9.17, 15) is 14.7 Å². The number of rotatable bonds is 3.